The van der Waals surface area contributed by atoms with Crippen LogP contribution in [0, 0.1) is 11.6 Å². The van der Waals surface area contributed by atoms with Gasteiger partial charge in [-0.25, -0.2) is 13.1 Å². The van der Waals surface area contributed by atoms with Crippen LogP contribution in [0.5, 0.6) is 5.75 Å². The predicted molar refractivity (Wildman–Crippen MR) is 115 cm³/mol. The number of rotatable bonds is 5. The average Bonchev–Trinajstić information content (AvgIpc) is 2.75. The lowest BCUT2D eigenvalue weighted by molar-refractivity contribution is 0.152. The summed E-state index contributed by atoms with van der Waals surface area (Å²) in [6.07, 6.45) is 8.71. The summed E-state index contributed by atoms with van der Waals surface area (Å²) >= 11 is 1.70. The molecular weight excluding hydrogens is 410 g/mol. The van der Waals surface area contributed by atoms with Crippen molar-refractivity contribution in [3.8, 4) is 11.4 Å². The smallest absolute Gasteiger partial charge is 0.316 e. The summed E-state index contributed by atoms with van der Waals surface area (Å²) in [6.45, 7) is 3.23. The normalized spacial score (nSPS) is 18.6. The number of piperazine rings is 1. The zero-order valence-electron chi connectivity index (χ0n) is 17.0. The van der Waals surface area contributed by atoms with E-state index in [1.807, 2.05) is 6.26 Å². The first-order chi connectivity index (χ1) is 14.5. The van der Waals surface area contributed by atoms with Crippen LogP contribution in [0.1, 0.15) is 32.1 Å². The minimum atomic E-state index is -0.759. The fourth-order valence-electron chi connectivity index (χ4n) is 4.07. The van der Waals surface area contributed by atoms with Crippen LogP contribution in [0.4, 0.5) is 14.5 Å². The van der Waals surface area contributed by atoms with E-state index in [-0.39, 0.29) is 17.5 Å². The third-order valence-electron chi connectivity index (χ3n) is 5.68. The van der Waals surface area contributed by atoms with Gasteiger partial charge in [0.2, 0.25) is 5.75 Å². The number of benzene rings is 1. The average molecular weight is 437 g/mol. The first-order valence-corrected chi connectivity index (χ1v) is 11.5. The Labute approximate surface area is 178 Å². The van der Waals surface area contributed by atoms with E-state index in [1.54, 1.807) is 18.1 Å². The van der Waals surface area contributed by atoms with Crippen molar-refractivity contribution in [2.75, 3.05) is 37.3 Å². The monoisotopic (exact) mass is 436 g/mol. The van der Waals surface area contributed by atoms with E-state index in [4.69, 9.17) is 4.74 Å². The summed E-state index contributed by atoms with van der Waals surface area (Å²) in [6, 6.07) is 2.96. The lowest BCUT2D eigenvalue weighted by Gasteiger charge is -2.35. The molecule has 2 fully saturated rings. The van der Waals surface area contributed by atoms with Gasteiger partial charge in [-0.1, -0.05) is 18.4 Å². The minimum absolute atomic E-state index is 0.0298. The molecule has 2 heterocycles. The zero-order valence-corrected chi connectivity index (χ0v) is 17.8. The topological polar surface area (TPSA) is 50.6 Å². The third-order valence-corrected chi connectivity index (χ3v) is 6.56. The van der Waals surface area contributed by atoms with Crippen LogP contribution in [-0.4, -0.2) is 52.6 Å². The van der Waals surface area contributed by atoms with Crippen LogP contribution < -0.4 is 15.2 Å². The molecule has 2 aromatic rings. The van der Waals surface area contributed by atoms with Crippen molar-refractivity contribution in [2.24, 2.45) is 0 Å². The maximum Gasteiger partial charge on any atom is 0.316 e. The van der Waals surface area contributed by atoms with Crippen molar-refractivity contribution < 1.29 is 13.5 Å². The molecule has 2 aliphatic rings. The SMILES string of the molecule is CSN1CCN(c2cnn(-c3cc(F)cc(F)c3)c(=O)c2OC2CCCCC2)CC1. The van der Waals surface area contributed by atoms with Gasteiger partial charge in [-0.05, 0) is 44.1 Å². The summed E-state index contributed by atoms with van der Waals surface area (Å²) in [5.41, 5.74) is 0.208. The van der Waals surface area contributed by atoms with Gasteiger partial charge >= 0.3 is 5.56 Å². The first kappa shape index (κ1) is 21.1. The number of aromatic nitrogens is 2. The second-order valence-electron chi connectivity index (χ2n) is 7.68. The Morgan fingerprint density at radius 1 is 1.03 bits per heavy atom. The maximum atomic E-state index is 13.7. The lowest BCUT2D eigenvalue weighted by Crippen LogP contribution is -2.44. The Morgan fingerprint density at radius 2 is 1.70 bits per heavy atom. The van der Waals surface area contributed by atoms with E-state index in [0.29, 0.717) is 5.69 Å². The molecule has 6 nitrogen and oxygen atoms in total. The molecule has 0 amide bonds. The molecule has 1 saturated heterocycles. The van der Waals surface area contributed by atoms with Crippen molar-refractivity contribution in [1.82, 2.24) is 14.1 Å². The molecule has 0 bridgehead atoms. The standard InChI is InChI=1S/C21H26F2N4O2S/c1-30-26-9-7-25(8-10-26)19-14-24-27(17-12-15(22)11-16(23)13-17)21(28)20(19)29-18-5-3-2-4-6-18/h11-14,18H,2-10H2,1H3. The number of halogens is 2. The predicted octanol–water partition coefficient (Wildman–Crippen LogP) is 3.62. The zero-order chi connectivity index (χ0) is 21.1. The van der Waals surface area contributed by atoms with Crippen molar-refractivity contribution in [2.45, 2.75) is 38.2 Å². The van der Waals surface area contributed by atoms with Crippen LogP contribution >= 0.6 is 11.9 Å². The van der Waals surface area contributed by atoms with Crippen LogP contribution in [-0.2, 0) is 0 Å². The molecule has 30 heavy (non-hydrogen) atoms. The highest BCUT2D eigenvalue weighted by Gasteiger charge is 2.26. The second kappa shape index (κ2) is 9.34. The summed E-state index contributed by atoms with van der Waals surface area (Å²) < 4.78 is 37.0. The maximum absolute atomic E-state index is 13.7. The summed E-state index contributed by atoms with van der Waals surface area (Å²) in [7, 11) is 0. The van der Waals surface area contributed by atoms with E-state index in [9.17, 15) is 13.6 Å². The highest BCUT2D eigenvalue weighted by Crippen LogP contribution is 2.30. The summed E-state index contributed by atoms with van der Waals surface area (Å²) in [4.78, 5) is 15.4. The molecule has 0 spiro atoms. The molecule has 1 aromatic carbocycles. The van der Waals surface area contributed by atoms with Gasteiger partial charge in [-0.15, -0.1) is 0 Å². The van der Waals surface area contributed by atoms with Crippen LogP contribution in [0.2, 0.25) is 0 Å². The molecule has 0 radical (unpaired) electrons. The van der Waals surface area contributed by atoms with Gasteiger partial charge in [0, 0.05) is 32.2 Å². The number of nitrogens with zero attached hydrogens (tertiary/aromatic N) is 4. The fourth-order valence-corrected chi connectivity index (χ4v) is 4.60. The van der Waals surface area contributed by atoms with Crippen molar-refractivity contribution in [1.29, 1.82) is 0 Å². The van der Waals surface area contributed by atoms with Gasteiger partial charge in [-0.2, -0.15) is 9.78 Å². The number of anilines is 1. The van der Waals surface area contributed by atoms with Crippen LogP contribution in [0.3, 0.4) is 0 Å². The van der Waals surface area contributed by atoms with E-state index < -0.39 is 17.2 Å². The van der Waals surface area contributed by atoms with Gasteiger partial charge in [-0.3, -0.25) is 4.79 Å². The van der Waals surface area contributed by atoms with Crippen LogP contribution in [0.15, 0.2) is 29.2 Å². The van der Waals surface area contributed by atoms with Crippen LogP contribution in [0.25, 0.3) is 5.69 Å². The lowest BCUT2D eigenvalue weighted by atomic mass is 9.98. The number of ether oxygens (including phenoxy) is 1. The molecular formula is C21H26F2N4O2S. The Morgan fingerprint density at radius 3 is 2.33 bits per heavy atom. The Kier molecular flexibility index (Phi) is 6.58. The van der Waals surface area contributed by atoms with Gasteiger partial charge in [0.25, 0.3) is 0 Å². The largest absolute Gasteiger partial charge is 0.483 e. The van der Waals surface area contributed by atoms with Crippen molar-refractivity contribution >= 4 is 17.6 Å². The van der Waals surface area contributed by atoms with Gasteiger partial charge in [0.1, 0.15) is 17.3 Å². The highest BCUT2D eigenvalue weighted by atomic mass is 32.2. The van der Waals surface area contributed by atoms with E-state index in [1.165, 1.54) is 6.42 Å². The second-order valence-corrected chi connectivity index (χ2v) is 8.56. The first-order valence-electron chi connectivity index (χ1n) is 10.3. The third kappa shape index (κ3) is 4.62. The fraction of sp³-hybridized carbons (Fsp3) is 0.524. The quantitative estimate of drug-likeness (QED) is 0.668. The molecule has 0 atom stereocenters. The molecule has 1 saturated carbocycles. The molecule has 1 aliphatic heterocycles. The number of hydrogen-bond donors (Lipinski definition) is 0. The van der Waals surface area contributed by atoms with E-state index in [2.05, 4.69) is 14.3 Å². The molecule has 1 aliphatic carbocycles. The number of hydrogen-bond acceptors (Lipinski definition) is 6. The summed E-state index contributed by atoms with van der Waals surface area (Å²) in [5.74, 6) is -1.30. The molecule has 9 heteroatoms. The Balaban J connectivity index is 1.72. The van der Waals surface area contributed by atoms with Gasteiger partial charge < -0.3 is 9.64 Å². The Bertz CT molecular complexity index is 921. The Hall–Kier alpha value is -2.13. The molecule has 0 unspecified atom stereocenters. The van der Waals surface area contributed by atoms with E-state index in [0.717, 1.165) is 74.7 Å². The minimum Gasteiger partial charge on any atom is -0.483 e. The molecule has 162 valence electrons. The highest BCUT2D eigenvalue weighted by molar-refractivity contribution is 7.96. The summed E-state index contributed by atoms with van der Waals surface area (Å²) in [5, 5.41) is 4.23. The van der Waals surface area contributed by atoms with E-state index >= 15 is 0 Å². The molecule has 1 aromatic heterocycles. The van der Waals surface area contributed by atoms with Crippen molar-refractivity contribution in [3.63, 3.8) is 0 Å². The molecule has 4 rings (SSSR count). The van der Waals surface area contributed by atoms with Gasteiger partial charge in [0.05, 0.1) is 18.0 Å². The molecule has 0 N–H and O–H groups in total. The van der Waals surface area contributed by atoms with Gasteiger partial charge in [0.15, 0.2) is 0 Å². The van der Waals surface area contributed by atoms with Crippen molar-refractivity contribution in [3.05, 3.63) is 46.4 Å².